The molecule has 1 aromatic heterocycles. The van der Waals surface area contributed by atoms with Crippen LogP contribution in [0.5, 0.6) is 11.6 Å². The summed E-state index contributed by atoms with van der Waals surface area (Å²) in [6.45, 7) is 0.631. The molecular weight excluding hydrogens is 280 g/mol. The number of nitrogens with zero attached hydrogens (tertiary/aromatic N) is 1. The first-order chi connectivity index (χ1) is 8.29. The van der Waals surface area contributed by atoms with Crippen LogP contribution in [0.1, 0.15) is 5.56 Å². The molecule has 0 amide bonds. The molecule has 0 saturated carbocycles. The van der Waals surface area contributed by atoms with Crippen molar-refractivity contribution in [3.8, 4) is 11.6 Å². The Morgan fingerprint density at radius 2 is 2.00 bits per heavy atom. The van der Waals surface area contributed by atoms with Gasteiger partial charge in [-0.3, -0.25) is 0 Å². The third kappa shape index (κ3) is 3.28. The first-order valence-electron chi connectivity index (χ1n) is 5.37. The molecule has 88 valence electrons. The maximum Gasteiger partial charge on any atom is 0.219 e. The Labute approximate surface area is 109 Å². The lowest BCUT2D eigenvalue weighted by atomic mass is 10.2. The summed E-state index contributed by atoms with van der Waals surface area (Å²) in [6.07, 6.45) is 2.63. The molecule has 0 fully saturated rings. The van der Waals surface area contributed by atoms with Gasteiger partial charge in [0, 0.05) is 12.3 Å². The third-order valence-electron chi connectivity index (χ3n) is 2.28. The molecule has 0 bridgehead atoms. The van der Waals surface area contributed by atoms with E-state index in [1.54, 1.807) is 6.20 Å². The topological polar surface area (TPSA) is 48.1 Å². The van der Waals surface area contributed by atoms with Crippen LogP contribution in [0.3, 0.4) is 0 Å². The van der Waals surface area contributed by atoms with Crippen LogP contribution in [-0.2, 0) is 6.42 Å². The van der Waals surface area contributed by atoms with Crippen molar-refractivity contribution in [2.24, 2.45) is 5.73 Å². The van der Waals surface area contributed by atoms with E-state index in [4.69, 9.17) is 10.5 Å². The largest absolute Gasteiger partial charge is 0.438 e. The van der Waals surface area contributed by atoms with E-state index in [1.165, 1.54) is 0 Å². The number of pyridine rings is 1. The molecular formula is C13H13BrN2O. The molecule has 2 aromatic rings. The summed E-state index contributed by atoms with van der Waals surface area (Å²) in [5.41, 5.74) is 6.59. The van der Waals surface area contributed by atoms with E-state index in [0.717, 1.165) is 22.2 Å². The van der Waals surface area contributed by atoms with E-state index in [1.807, 2.05) is 36.4 Å². The van der Waals surface area contributed by atoms with Gasteiger partial charge in [-0.2, -0.15) is 0 Å². The van der Waals surface area contributed by atoms with Gasteiger partial charge in [-0.25, -0.2) is 4.98 Å². The summed E-state index contributed by atoms with van der Waals surface area (Å²) in [4.78, 5) is 4.24. The fraction of sp³-hybridized carbons (Fsp3) is 0.154. The Bertz CT molecular complexity index is 485. The van der Waals surface area contributed by atoms with Crippen molar-refractivity contribution < 1.29 is 4.74 Å². The smallest absolute Gasteiger partial charge is 0.219 e. The maximum atomic E-state index is 5.65. The number of nitrogens with two attached hydrogens (primary N) is 1. The van der Waals surface area contributed by atoms with Crippen LogP contribution in [-0.4, -0.2) is 11.5 Å². The van der Waals surface area contributed by atoms with Gasteiger partial charge in [0.25, 0.3) is 0 Å². The fourth-order valence-corrected chi connectivity index (χ4v) is 1.79. The molecule has 0 spiro atoms. The molecule has 0 atom stereocenters. The number of para-hydroxylation sites is 1. The van der Waals surface area contributed by atoms with Crippen LogP contribution in [0.4, 0.5) is 0 Å². The van der Waals surface area contributed by atoms with E-state index < -0.39 is 0 Å². The van der Waals surface area contributed by atoms with Gasteiger partial charge >= 0.3 is 0 Å². The second-order valence-corrected chi connectivity index (χ2v) is 4.43. The molecule has 0 aliphatic heterocycles. The Balaban J connectivity index is 2.11. The number of hydrogen-bond acceptors (Lipinski definition) is 3. The Morgan fingerprint density at radius 3 is 2.65 bits per heavy atom. The minimum absolute atomic E-state index is 0.581. The summed E-state index contributed by atoms with van der Waals surface area (Å²) in [5.74, 6) is 1.34. The van der Waals surface area contributed by atoms with Gasteiger partial charge in [0.05, 0.1) is 4.47 Å². The van der Waals surface area contributed by atoms with E-state index in [9.17, 15) is 0 Å². The number of halogens is 1. The average Bonchev–Trinajstić information content (AvgIpc) is 2.35. The van der Waals surface area contributed by atoms with Crippen molar-refractivity contribution in [2.75, 3.05) is 6.54 Å². The Hall–Kier alpha value is -1.39. The molecule has 0 aliphatic carbocycles. The lowest BCUT2D eigenvalue weighted by molar-refractivity contribution is 0.459. The zero-order valence-electron chi connectivity index (χ0n) is 9.27. The van der Waals surface area contributed by atoms with Crippen LogP contribution < -0.4 is 10.5 Å². The fourth-order valence-electron chi connectivity index (χ4n) is 1.43. The van der Waals surface area contributed by atoms with Crippen molar-refractivity contribution in [1.29, 1.82) is 0 Å². The first kappa shape index (κ1) is 12.1. The van der Waals surface area contributed by atoms with Crippen LogP contribution in [0, 0.1) is 0 Å². The Kier molecular flexibility index (Phi) is 4.12. The number of ether oxygens (including phenoxy) is 1. The number of hydrogen-bond donors (Lipinski definition) is 1. The SMILES string of the molecule is NCCc1ccc(Oc2ccccc2Br)nc1. The minimum Gasteiger partial charge on any atom is -0.438 e. The number of aromatic nitrogens is 1. The van der Waals surface area contributed by atoms with Crippen LogP contribution in [0.25, 0.3) is 0 Å². The maximum absolute atomic E-state index is 5.65. The summed E-state index contributed by atoms with van der Waals surface area (Å²) in [5, 5.41) is 0. The predicted molar refractivity (Wildman–Crippen MR) is 71.2 cm³/mol. The van der Waals surface area contributed by atoms with Crippen LogP contribution in [0.2, 0.25) is 0 Å². The zero-order valence-corrected chi connectivity index (χ0v) is 10.9. The third-order valence-corrected chi connectivity index (χ3v) is 2.94. The lowest BCUT2D eigenvalue weighted by Gasteiger charge is -2.06. The molecule has 1 heterocycles. The highest BCUT2D eigenvalue weighted by atomic mass is 79.9. The monoisotopic (exact) mass is 292 g/mol. The highest BCUT2D eigenvalue weighted by Gasteiger charge is 2.02. The molecule has 0 unspecified atom stereocenters. The highest BCUT2D eigenvalue weighted by Crippen LogP contribution is 2.27. The summed E-state index contributed by atoms with van der Waals surface area (Å²) in [7, 11) is 0. The van der Waals surface area contributed by atoms with Crippen LogP contribution in [0.15, 0.2) is 47.1 Å². The first-order valence-corrected chi connectivity index (χ1v) is 6.16. The van der Waals surface area contributed by atoms with E-state index >= 15 is 0 Å². The number of benzene rings is 1. The molecule has 3 nitrogen and oxygen atoms in total. The molecule has 2 rings (SSSR count). The van der Waals surface area contributed by atoms with Gasteiger partial charge < -0.3 is 10.5 Å². The normalized spacial score (nSPS) is 10.2. The molecule has 17 heavy (non-hydrogen) atoms. The van der Waals surface area contributed by atoms with Gasteiger partial charge in [0.2, 0.25) is 5.88 Å². The van der Waals surface area contributed by atoms with Gasteiger partial charge in [-0.1, -0.05) is 18.2 Å². The van der Waals surface area contributed by atoms with Gasteiger partial charge in [-0.15, -0.1) is 0 Å². The summed E-state index contributed by atoms with van der Waals surface area (Å²) < 4.78 is 6.56. The lowest BCUT2D eigenvalue weighted by Crippen LogP contribution is -2.02. The molecule has 4 heteroatoms. The zero-order chi connectivity index (χ0) is 12.1. The predicted octanol–water partition coefficient (Wildman–Crippen LogP) is 3.14. The van der Waals surface area contributed by atoms with Gasteiger partial charge in [-0.05, 0) is 46.6 Å². The second-order valence-electron chi connectivity index (χ2n) is 3.58. The minimum atomic E-state index is 0.581. The molecule has 0 radical (unpaired) electrons. The highest BCUT2D eigenvalue weighted by molar-refractivity contribution is 9.10. The van der Waals surface area contributed by atoms with Crippen molar-refractivity contribution in [2.45, 2.75) is 6.42 Å². The molecule has 0 saturated heterocycles. The molecule has 1 aromatic carbocycles. The number of rotatable bonds is 4. The average molecular weight is 293 g/mol. The standard InChI is InChI=1S/C13H13BrN2O/c14-11-3-1-2-4-12(11)17-13-6-5-10(7-8-15)9-16-13/h1-6,9H,7-8,15H2. The van der Waals surface area contributed by atoms with Crippen molar-refractivity contribution in [3.05, 3.63) is 52.6 Å². The summed E-state index contributed by atoms with van der Waals surface area (Å²) >= 11 is 3.42. The second kappa shape index (κ2) is 5.80. The quantitative estimate of drug-likeness (QED) is 0.942. The van der Waals surface area contributed by atoms with Crippen molar-refractivity contribution in [3.63, 3.8) is 0 Å². The molecule has 0 aliphatic rings. The Morgan fingerprint density at radius 1 is 1.18 bits per heavy atom. The van der Waals surface area contributed by atoms with E-state index in [0.29, 0.717) is 12.4 Å². The van der Waals surface area contributed by atoms with Crippen molar-refractivity contribution in [1.82, 2.24) is 4.98 Å². The van der Waals surface area contributed by atoms with E-state index in [-0.39, 0.29) is 0 Å². The summed E-state index contributed by atoms with van der Waals surface area (Å²) in [6, 6.07) is 11.5. The van der Waals surface area contributed by atoms with Gasteiger partial charge in [0.15, 0.2) is 0 Å². The molecule has 2 N–H and O–H groups in total. The van der Waals surface area contributed by atoms with Crippen LogP contribution >= 0.6 is 15.9 Å². The van der Waals surface area contributed by atoms with Gasteiger partial charge in [0.1, 0.15) is 5.75 Å². The van der Waals surface area contributed by atoms with E-state index in [2.05, 4.69) is 20.9 Å². The van der Waals surface area contributed by atoms with Crippen molar-refractivity contribution >= 4 is 15.9 Å².